The van der Waals surface area contributed by atoms with Gasteiger partial charge in [-0.05, 0) is 19.3 Å². The summed E-state index contributed by atoms with van der Waals surface area (Å²) in [5, 5.41) is 8.64. The smallest absolute Gasteiger partial charge is 0.303 e. The van der Waals surface area contributed by atoms with Crippen molar-refractivity contribution in [2.24, 2.45) is 0 Å². The number of carboxylic acid groups (broad SMARTS) is 1. The van der Waals surface area contributed by atoms with Gasteiger partial charge in [-0.3, -0.25) is 4.79 Å². The lowest BCUT2D eigenvalue weighted by molar-refractivity contribution is -0.136. The Hall–Kier alpha value is -1.32. The van der Waals surface area contributed by atoms with Crippen molar-refractivity contribution in [3.63, 3.8) is 0 Å². The Labute approximate surface area is 88.9 Å². The first kappa shape index (κ1) is 10.2. The molecule has 0 bridgehead atoms. The van der Waals surface area contributed by atoms with Crippen molar-refractivity contribution in [2.45, 2.75) is 44.6 Å². The quantitative estimate of drug-likeness (QED) is 0.823. The predicted molar refractivity (Wildman–Crippen MR) is 55.7 cm³/mol. The van der Waals surface area contributed by atoms with Crippen molar-refractivity contribution in [3.8, 4) is 0 Å². The number of carboxylic acids is 1. The molecule has 4 heteroatoms. The molecule has 0 radical (unpaired) electrons. The van der Waals surface area contributed by atoms with Gasteiger partial charge in [0, 0.05) is 17.9 Å². The summed E-state index contributed by atoms with van der Waals surface area (Å²) >= 11 is 0. The van der Waals surface area contributed by atoms with E-state index in [9.17, 15) is 4.79 Å². The molecule has 0 spiro atoms. The molecular weight excluding hydrogens is 192 g/mol. The highest BCUT2D eigenvalue weighted by Crippen LogP contribution is 2.30. The van der Waals surface area contributed by atoms with E-state index in [1.165, 1.54) is 25.7 Å². The summed E-state index contributed by atoms with van der Waals surface area (Å²) in [6.07, 6.45) is 9.38. The molecule has 1 heterocycles. The van der Waals surface area contributed by atoms with Crippen LogP contribution in [0.3, 0.4) is 0 Å². The molecule has 82 valence electrons. The molecule has 1 aromatic rings. The summed E-state index contributed by atoms with van der Waals surface area (Å²) in [6, 6.07) is 0.552. The zero-order valence-corrected chi connectivity index (χ0v) is 8.72. The molecule has 1 aliphatic rings. The third-order valence-corrected chi connectivity index (χ3v) is 3.06. The fourth-order valence-electron chi connectivity index (χ4n) is 2.27. The standard InChI is InChI=1S/C11H16N2O2/c14-11(15)6-5-10-7-12-8-13(10)9-3-1-2-4-9/h7-9H,1-6H2,(H,14,15). The second-order valence-corrected chi connectivity index (χ2v) is 4.12. The monoisotopic (exact) mass is 208 g/mol. The molecule has 1 aliphatic carbocycles. The minimum atomic E-state index is -0.742. The summed E-state index contributed by atoms with van der Waals surface area (Å²) in [6.45, 7) is 0. The Morgan fingerprint density at radius 2 is 2.27 bits per heavy atom. The maximum Gasteiger partial charge on any atom is 0.303 e. The van der Waals surface area contributed by atoms with Crippen LogP contribution < -0.4 is 0 Å². The maximum absolute atomic E-state index is 10.5. The van der Waals surface area contributed by atoms with E-state index in [1.807, 2.05) is 6.33 Å². The van der Waals surface area contributed by atoms with Crippen LogP contribution in [0.5, 0.6) is 0 Å². The van der Waals surface area contributed by atoms with Crippen molar-refractivity contribution in [2.75, 3.05) is 0 Å². The third kappa shape index (κ3) is 2.37. The van der Waals surface area contributed by atoms with Crippen LogP contribution in [0.1, 0.15) is 43.8 Å². The molecule has 4 nitrogen and oxygen atoms in total. The van der Waals surface area contributed by atoms with Crippen LogP contribution in [0, 0.1) is 0 Å². The molecule has 2 rings (SSSR count). The summed E-state index contributed by atoms with van der Waals surface area (Å²) in [4.78, 5) is 14.6. The Bertz CT molecular complexity index is 340. The molecule has 15 heavy (non-hydrogen) atoms. The second kappa shape index (κ2) is 4.47. The van der Waals surface area contributed by atoms with Crippen LogP contribution in [-0.2, 0) is 11.2 Å². The van der Waals surface area contributed by atoms with E-state index in [4.69, 9.17) is 5.11 Å². The summed E-state index contributed by atoms with van der Waals surface area (Å²) < 4.78 is 2.16. The lowest BCUT2D eigenvalue weighted by atomic mass is 10.2. The van der Waals surface area contributed by atoms with Gasteiger partial charge in [0.15, 0.2) is 0 Å². The Morgan fingerprint density at radius 3 is 2.93 bits per heavy atom. The Morgan fingerprint density at radius 1 is 1.53 bits per heavy atom. The SMILES string of the molecule is O=C(O)CCc1cncn1C1CCCC1. The third-order valence-electron chi connectivity index (χ3n) is 3.06. The van der Waals surface area contributed by atoms with Crippen LogP contribution in [0.25, 0.3) is 0 Å². The van der Waals surface area contributed by atoms with E-state index in [2.05, 4.69) is 9.55 Å². The van der Waals surface area contributed by atoms with Crippen molar-refractivity contribution in [3.05, 3.63) is 18.2 Å². The summed E-state index contributed by atoms with van der Waals surface area (Å²) in [7, 11) is 0. The minimum absolute atomic E-state index is 0.193. The average molecular weight is 208 g/mol. The number of aromatic nitrogens is 2. The van der Waals surface area contributed by atoms with E-state index >= 15 is 0 Å². The van der Waals surface area contributed by atoms with Crippen molar-refractivity contribution >= 4 is 5.97 Å². The van der Waals surface area contributed by atoms with E-state index in [0.29, 0.717) is 12.5 Å². The number of aryl methyl sites for hydroxylation is 1. The molecule has 0 aromatic carbocycles. The summed E-state index contributed by atoms with van der Waals surface area (Å²) in [5.74, 6) is -0.742. The normalized spacial score (nSPS) is 17.1. The lowest BCUT2D eigenvalue weighted by Gasteiger charge is -2.14. The molecule has 1 aromatic heterocycles. The van der Waals surface area contributed by atoms with Crippen molar-refractivity contribution < 1.29 is 9.90 Å². The Balaban J connectivity index is 2.04. The molecule has 1 N–H and O–H groups in total. The first-order valence-corrected chi connectivity index (χ1v) is 5.50. The van der Waals surface area contributed by atoms with Crippen LogP contribution >= 0.6 is 0 Å². The fourth-order valence-corrected chi connectivity index (χ4v) is 2.27. The van der Waals surface area contributed by atoms with Gasteiger partial charge in [0.25, 0.3) is 0 Å². The number of aliphatic carboxylic acids is 1. The number of hydrogen-bond acceptors (Lipinski definition) is 2. The van der Waals surface area contributed by atoms with Gasteiger partial charge in [-0.2, -0.15) is 0 Å². The first-order chi connectivity index (χ1) is 7.27. The maximum atomic E-state index is 10.5. The van der Waals surface area contributed by atoms with E-state index < -0.39 is 5.97 Å². The summed E-state index contributed by atoms with van der Waals surface area (Å²) in [5.41, 5.74) is 1.06. The number of nitrogens with zero attached hydrogens (tertiary/aromatic N) is 2. The van der Waals surface area contributed by atoms with Crippen LogP contribution in [-0.4, -0.2) is 20.6 Å². The van der Waals surface area contributed by atoms with Gasteiger partial charge in [0.2, 0.25) is 0 Å². The van der Waals surface area contributed by atoms with Gasteiger partial charge in [0.05, 0.1) is 12.7 Å². The van der Waals surface area contributed by atoms with Gasteiger partial charge in [0.1, 0.15) is 0 Å². The molecule has 0 atom stereocenters. The van der Waals surface area contributed by atoms with Gasteiger partial charge < -0.3 is 9.67 Å². The molecule has 0 saturated heterocycles. The van der Waals surface area contributed by atoms with Crippen LogP contribution in [0.2, 0.25) is 0 Å². The number of imidazole rings is 1. The zero-order valence-electron chi connectivity index (χ0n) is 8.72. The van der Waals surface area contributed by atoms with Crippen molar-refractivity contribution in [1.82, 2.24) is 9.55 Å². The van der Waals surface area contributed by atoms with Gasteiger partial charge in [-0.1, -0.05) is 12.8 Å². The van der Waals surface area contributed by atoms with Gasteiger partial charge in [-0.15, -0.1) is 0 Å². The largest absolute Gasteiger partial charge is 0.481 e. The van der Waals surface area contributed by atoms with Gasteiger partial charge in [-0.25, -0.2) is 4.98 Å². The topological polar surface area (TPSA) is 55.1 Å². The molecular formula is C11H16N2O2. The number of carbonyl (C=O) groups is 1. The van der Waals surface area contributed by atoms with Crippen LogP contribution in [0.4, 0.5) is 0 Å². The van der Waals surface area contributed by atoms with E-state index in [0.717, 1.165) is 5.69 Å². The minimum Gasteiger partial charge on any atom is -0.481 e. The highest BCUT2D eigenvalue weighted by Gasteiger charge is 2.18. The molecule has 0 unspecified atom stereocenters. The molecule has 0 aliphatic heterocycles. The first-order valence-electron chi connectivity index (χ1n) is 5.50. The van der Waals surface area contributed by atoms with Crippen LogP contribution in [0.15, 0.2) is 12.5 Å². The fraction of sp³-hybridized carbons (Fsp3) is 0.636. The molecule has 0 amide bonds. The highest BCUT2D eigenvalue weighted by atomic mass is 16.4. The second-order valence-electron chi connectivity index (χ2n) is 4.12. The highest BCUT2D eigenvalue weighted by molar-refractivity contribution is 5.66. The predicted octanol–water partition coefficient (Wildman–Crippen LogP) is 2.02. The molecule has 1 fully saturated rings. The zero-order chi connectivity index (χ0) is 10.7. The van der Waals surface area contributed by atoms with Gasteiger partial charge >= 0.3 is 5.97 Å². The van der Waals surface area contributed by atoms with E-state index in [1.54, 1.807) is 6.20 Å². The Kier molecular flexibility index (Phi) is 3.04. The molecule has 1 saturated carbocycles. The number of rotatable bonds is 4. The van der Waals surface area contributed by atoms with E-state index in [-0.39, 0.29) is 6.42 Å². The van der Waals surface area contributed by atoms with Crippen molar-refractivity contribution in [1.29, 1.82) is 0 Å². The lowest BCUT2D eigenvalue weighted by Crippen LogP contribution is -2.09. The average Bonchev–Trinajstić information content (AvgIpc) is 2.85. The number of hydrogen-bond donors (Lipinski definition) is 1.